The van der Waals surface area contributed by atoms with E-state index in [2.05, 4.69) is 33.8 Å². The fourth-order valence-electron chi connectivity index (χ4n) is 2.64. The second-order valence-electron chi connectivity index (χ2n) is 5.67. The topological polar surface area (TPSA) is 79.4 Å². The molecule has 0 radical (unpaired) electrons. The Morgan fingerprint density at radius 3 is 2.85 bits per heavy atom. The van der Waals surface area contributed by atoms with E-state index in [1.165, 1.54) is 25.7 Å². The molecular formula is C13H22N6S. The van der Waals surface area contributed by atoms with Crippen LogP contribution >= 0.6 is 11.8 Å². The van der Waals surface area contributed by atoms with E-state index in [1.807, 2.05) is 18.7 Å². The summed E-state index contributed by atoms with van der Waals surface area (Å²) in [5, 5.41) is 25.6. The molecule has 0 saturated heterocycles. The number of thioether (sulfide) groups is 1. The maximum absolute atomic E-state index is 9.22. The zero-order chi connectivity index (χ0) is 14.6. The van der Waals surface area contributed by atoms with Gasteiger partial charge in [-0.25, -0.2) is 4.68 Å². The normalized spacial score (nSPS) is 20.5. The Kier molecular flexibility index (Phi) is 5.00. The summed E-state index contributed by atoms with van der Waals surface area (Å²) in [6, 6.07) is 2.78. The van der Waals surface area contributed by atoms with Gasteiger partial charge < -0.3 is 5.32 Å². The summed E-state index contributed by atoms with van der Waals surface area (Å²) in [6.45, 7) is 4.04. The van der Waals surface area contributed by atoms with Gasteiger partial charge in [-0.05, 0) is 43.7 Å². The maximum atomic E-state index is 9.22. The SMILES string of the molecule is CNC(C)(C#N)CC(C)Sc1nnnn1C1CCCC1. The molecule has 6 nitrogen and oxygen atoms in total. The number of rotatable bonds is 6. The number of nitrogens with zero attached hydrogens (tertiary/aromatic N) is 5. The van der Waals surface area contributed by atoms with Crippen LogP contribution in [0.4, 0.5) is 0 Å². The summed E-state index contributed by atoms with van der Waals surface area (Å²) in [5.74, 6) is 0. The molecule has 0 bridgehead atoms. The first-order valence-corrected chi connectivity index (χ1v) is 8.00. The average Bonchev–Trinajstić information content (AvgIpc) is 3.08. The average molecular weight is 294 g/mol. The highest BCUT2D eigenvalue weighted by atomic mass is 32.2. The largest absolute Gasteiger partial charge is 0.303 e. The molecule has 1 aromatic rings. The van der Waals surface area contributed by atoms with Crippen molar-refractivity contribution in [3.8, 4) is 6.07 Å². The van der Waals surface area contributed by atoms with Crippen molar-refractivity contribution in [2.45, 2.75) is 67.9 Å². The van der Waals surface area contributed by atoms with Gasteiger partial charge in [0.1, 0.15) is 5.54 Å². The van der Waals surface area contributed by atoms with Gasteiger partial charge in [-0.15, -0.1) is 5.10 Å². The molecular weight excluding hydrogens is 272 g/mol. The number of aromatic nitrogens is 4. The van der Waals surface area contributed by atoms with E-state index in [0.717, 1.165) is 11.6 Å². The van der Waals surface area contributed by atoms with Gasteiger partial charge in [0, 0.05) is 5.25 Å². The van der Waals surface area contributed by atoms with Crippen molar-refractivity contribution in [1.29, 1.82) is 5.26 Å². The van der Waals surface area contributed by atoms with Crippen LogP contribution in [0, 0.1) is 11.3 Å². The molecule has 1 N–H and O–H groups in total. The van der Waals surface area contributed by atoms with Crippen molar-refractivity contribution >= 4 is 11.8 Å². The van der Waals surface area contributed by atoms with E-state index < -0.39 is 5.54 Å². The fraction of sp³-hybridized carbons (Fsp3) is 0.846. The summed E-state index contributed by atoms with van der Waals surface area (Å²) >= 11 is 1.66. The van der Waals surface area contributed by atoms with Gasteiger partial charge in [0.05, 0.1) is 12.1 Å². The zero-order valence-corrected chi connectivity index (χ0v) is 13.2. The second kappa shape index (κ2) is 6.55. The van der Waals surface area contributed by atoms with Gasteiger partial charge in [0.2, 0.25) is 5.16 Å². The monoisotopic (exact) mass is 294 g/mol. The molecule has 0 aliphatic heterocycles. The van der Waals surface area contributed by atoms with E-state index in [1.54, 1.807) is 11.8 Å². The number of hydrogen-bond acceptors (Lipinski definition) is 6. The highest BCUT2D eigenvalue weighted by Crippen LogP contribution is 2.33. The second-order valence-corrected chi connectivity index (χ2v) is 7.08. The Balaban J connectivity index is 2.00. The molecule has 7 heteroatoms. The number of hydrogen-bond donors (Lipinski definition) is 1. The predicted molar refractivity (Wildman–Crippen MR) is 78.3 cm³/mol. The minimum Gasteiger partial charge on any atom is -0.303 e. The van der Waals surface area contributed by atoms with Crippen LogP contribution < -0.4 is 5.32 Å². The third kappa shape index (κ3) is 3.49. The molecule has 1 saturated carbocycles. The number of nitriles is 1. The highest BCUT2D eigenvalue weighted by Gasteiger charge is 2.27. The van der Waals surface area contributed by atoms with Gasteiger partial charge >= 0.3 is 0 Å². The first-order chi connectivity index (χ1) is 9.58. The molecule has 2 atom stereocenters. The van der Waals surface area contributed by atoms with Crippen LogP contribution in [-0.2, 0) is 0 Å². The van der Waals surface area contributed by atoms with Crippen LogP contribution in [0.5, 0.6) is 0 Å². The Hall–Kier alpha value is -1.13. The molecule has 1 heterocycles. The molecule has 110 valence electrons. The lowest BCUT2D eigenvalue weighted by Gasteiger charge is -2.24. The zero-order valence-electron chi connectivity index (χ0n) is 12.3. The van der Waals surface area contributed by atoms with E-state index in [-0.39, 0.29) is 5.25 Å². The van der Waals surface area contributed by atoms with Gasteiger partial charge in [0.25, 0.3) is 0 Å². The molecule has 2 rings (SSSR count). The van der Waals surface area contributed by atoms with Gasteiger partial charge in [-0.3, -0.25) is 0 Å². The third-order valence-electron chi connectivity index (χ3n) is 3.93. The summed E-state index contributed by atoms with van der Waals surface area (Å²) in [4.78, 5) is 0. The number of nitrogens with one attached hydrogen (secondary N) is 1. The lowest BCUT2D eigenvalue weighted by molar-refractivity contribution is 0.421. The quantitative estimate of drug-likeness (QED) is 0.810. The molecule has 20 heavy (non-hydrogen) atoms. The van der Waals surface area contributed by atoms with Crippen molar-refractivity contribution in [3.63, 3.8) is 0 Å². The minimum atomic E-state index is -0.502. The number of tetrazole rings is 1. The van der Waals surface area contributed by atoms with E-state index in [9.17, 15) is 5.26 Å². The molecule has 0 amide bonds. The van der Waals surface area contributed by atoms with Crippen molar-refractivity contribution in [3.05, 3.63) is 0 Å². The van der Waals surface area contributed by atoms with Crippen LogP contribution in [0.3, 0.4) is 0 Å². The van der Waals surface area contributed by atoms with Crippen molar-refractivity contribution in [2.75, 3.05) is 7.05 Å². The van der Waals surface area contributed by atoms with Gasteiger partial charge in [-0.1, -0.05) is 31.5 Å². The van der Waals surface area contributed by atoms with Crippen LogP contribution in [0.15, 0.2) is 5.16 Å². The fourth-order valence-corrected chi connectivity index (χ4v) is 3.79. The standard InChI is InChI=1S/C13H22N6S/c1-10(8-13(2,9-14)15-3)20-12-16-17-18-19(12)11-6-4-5-7-11/h10-11,15H,4-8H2,1-3H3. The molecule has 0 aromatic carbocycles. The van der Waals surface area contributed by atoms with Gasteiger partial charge in [0.15, 0.2) is 0 Å². The molecule has 1 aliphatic carbocycles. The Morgan fingerprint density at radius 2 is 2.25 bits per heavy atom. The minimum absolute atomic E-state index is 0.276. The molecule has 1 aliphatic rings. The van der Waals surface area contributed by atoms with Crippen LogP contribution in [0.1, 0.15) is 52.0 Å². The summed E-state index contributed by atoms with van der Waals surface area (Å²) < 4.78 is 1.97. The van der Waals surface area contributed by atoms with Gasteiger partial charge in [-0.2, -0.15) is 5.26 Å². The Labute approximate surface area is 124 Å². The first kappa shape index (κ1) is 15.3. The molecule has 2 unspecified atom stereocenters. The molecule has 1 aromatic heterocycles. The highest BCUT2D eigenvalue weighted by molar-refractivity contribution is 7.99. The molecule has 0 spiro atoms. The Morgan fingerprint density at radius 1 is 1.55 bits per heavy atom. The van der Waals surface area contributed by atoms with Crippen molar-refractivity contribution in [2.24, 2.45) is 0 Å². The Bertz CT molecular complexity index is 475. The predicted octanol–water partition coefficient (Wildman–Crippen LogP) is 2.16. The van der Waals surface area contributed by atoms with E-state index in [4.69, 9.17) is 0 Å². The first-order valence-electron chi connectivity index (χ1n) is 7.12. The van der Waals surface area contributed by atoms with Crippen molar-refractivity contribution < 1.29 is 0 Å². The van der Waals surface area contributed by atoms with Crippen LogP contribution in [0.25, 0.3) is 0 Å². The maximum Gasteiger partial charge on any atom is 0.209 e. The van der Waals surface area contributed by atoms with E-state index in [0.29, 0.717) is 6.04 Å². The lowest BCUT2D eigenvalue weighted by atomic mass is 9.98. The van der Waals surface area contributed by atoms with Crippen LogP contribution in [-0.4, -0.2) is 38.0 Å². The van der Waals surface area contributed by atoms with Crippen LogP contribution in [0.2, 0.25) is 0 Å². The van der Waals surface area contributed by atoms with E-state index >= 15 is 0 Å². The molecule has 1 fully saturated rings. The smallest absolute Gasteiger partial charge is 0.209 e. The summed E-state index contributed by atoms with van der Waals surface area (Å²) in [5.41, 5.74) is -0.502. The third-order valence-corrected chi connectivity index (χ3v) is 4.98. The summed E-state index contributed by atoms with van der Waals surface area (Å²) in [7, 11) is 1.82. The summed E-state index contributed by atoms with van der Waals surface area (Å²) in [6.07, 6.45) is 5.61. The van der Waals surface area contributed by atoms with Crippen molar-refractivity contribution in [1.82, 2.24) is 25.5 Å². The lowest BCUT2D eigenvalue weighted by Crippen LogP contribution is -2.40.